The maximum absolute atomic E-state index is 12.8. The highest BCUT2D eigenvalue weighted by atomic mass is 35.5. The van der Waals surface area contributed by atoms with Crippen molar-refractivity contribution in [2.75, 3.05) is 5.32 Å². The summed E-state index contributed by atoms with van der Waals surface area (Å²) in [5.74, 6) is -0.416. The van der Waals surface area contributed by atoms with E-state index in [-0.39, 0.29) is 18.2 Å². The van der Waals surface area contributed by atoms with Crippen molar-refractivity contribution in [2.24, 2.45) is 7.05 Å². The van der Waals surface area contributed by atoms with E-state index in [1.54, 1.807) is 18.3 Å². The van der Waals surface area contributed by atoms with Gasteiger partial charge in [-0.3, -0.25) is 9.59 Å². The molecule has 2 N–H and O–H groups in total. The number of benzene rings is 2. The zero-order valence-electron chi connectivity index (χ0n) is 17.0. The molecule has 0 saturated heterocycles. The van der Waals surface area contributed by atoms with Crippen LogP contribution >= 0.6 is 23.4 Å². The van der Waals surface area contributed by atoms with E-state index in [0.29, 0.717) is 10.7 Å². The molecule has 2 amide bonds. The molecule has 0 aliphatic heterocycles. The lowest BCUT2D eigenvalue weighted by molar-refractivity contribution is -0.120. The summed E-state index contributed by atoms with van der Waals surface area (Å²) >= 11 is 7.59. The molecule has 0 aliphatic carbocycles. The smallest absolute Gasteiger partial charge is 0.226 e. The van der Waals surface area contributed by atoms with Gasteiger partial charge in [0.25, 0.3) is 0 Å². The Morgan fingerprint density at radius 2 is 1.93 bits per heavy atom. The number of hydrogen-bond acceptors (Lipinski definition) is 4. The second kappa shape index (κ2) is 9.82. The lowest BCUT2D eigenvalue weighted by Crippen LogP contribution is -2.29. The number of nitrogens with one attached hydrogen (secondary N) is 2. The Balaban J connectivity index is 1.78. The summed E-state index contributed by atoms with van der Waals surface area (Å²) in [7, 11) is 1.91. The summed E-state index contributed by atoms with van der Waals surface area (Å²) in [6.07, 6.45) is 3.67. The SMILES string of the molecule is CC(=O)NC(CC(=O)Nc1cc(Cl)ccc1Sc1nccn1C)c1ccc(C)cc1. The number of carbonyl (C=O) groups is 2. The average molecular weight is 443 g/mol. The highest BCUT2D eigenvalue weighted by molar-refractivity contribution is 7.99. The summed E-state index contributed by atoms with van der Waals surface area (Å²) < 4.78 is 1.90. The van der Waals surface area contributed by atoms with Crippen LogP contribution in [0, 0.1) is 6.92 Å². The van der Waals surface area contributed by atoms with E-state index in [1.807, 2.05) is 55.1 Å². The predicted molar refractivity (Wildman–Crippen MR) is 120 cm³/mol. The predicted octanol–water partition coefficient (Wildman–Crippen LogP) is 4.74. The van der Waals surface area contributed by atoms with Crippen LogP contribution in [0.5, 0.6) is 0 Å². The van der Waals surface area contributed by atoms with Gasteiger partial charge in [-0.25, -0.2) is 4.98 Å². The Kier molecular flexibility index (Phi) is 7.18. The molecule has 30 heavy (non-hydrogen) atoms. The van der Waals surface area contributed by atoms with Gasteiger partial charge in [-0.1, -0.05) is 41.4 Å². The summed E-state index contributed by atoms with van der Waals surface area (Å²) in [5.41, 5.74) is 2.59. The normalized spacial score (nSPS) is 11.7. The first-order chi connectivity index (χ1) is 14.3. The topological polar surface area (TPSA) is 76.0 Å². The number of halogens is 1. The Morgan fingerprint density at radius 3 is 2.57 bits per heavy atom. The van der Waals surface area contributed by atoms with Gasteiger partial charge in [0.2, 0.25) is 11.8 Å². The summed E-state index contributed by atoms with van der Waals surface area (Å²) in [6, 6.07) is 12.7. The number of anilines is 1. The molecular weight excluding hydrogens is 420 g/mol. The van der Waals surface area contributed by atoms with Crippen molar-refractivity contribution >= 4 is 40.9 Å². The van der Waals surface area contributed by atoms with Gasteiger partial charge in [0.05, 0.1) is 18.2 Å². The Morgan fingerprint density at radius 1 is 1.20 bits per heavy atom. The maximum atomic E-state index is 12.8. The van der Waals surface area contributed by atoms with Crippen molar-refractivity contribution in [3.05, 3.63) is 71.0 Å². The van der Waals surface area contributed by atoms with Crippen molar-refractivity contribution in [2.45, 2.75) is 36.4 Å². The minimum Gasteiger partial charge on any atom is -0.349 e. The second-order valence-corrected chi connectivity index (χ2v) is 8.42. The van der Waals surface area contributed by atoms with Crippen LogP contribution in [0.4, 0.5) is 5.69 Å². The molecule has 3 rings (SSSR count). The average Bonchev–Trinajstić information content (AvgIpc) is 3.08. The highest BCUT2D eigenvalue weighted by Gasteiger charge is 2.19. The Bertz CT molecular complexity index is 1050. The van der Waals surface area contributed by atoms with Gasteiger partial charge in [0, 0.05) is 36.3 Å². The molecule has 2 aromatic carbocycles. The molecule has 0 aliphatic rings. The zero-order valence-corrected chi connectivity index (χ0v) is 18.6. The van der Waals surface area contributed by atoms with E-state index >= 15 is 0 Å². The molecule has 1 unspecified atom stereocenters. The summed E-state index contributed by atoms with van der Waals surface area (Å²) in [4.78, 5) is 29.7. The van der Waals surface area contributed by atoms with Crippen molar-refractivity contribution in [1.29, 1.82) is 0 Å². The third-order valence-electron chi connectivity index (χ3n) is 4.44. The van der Waals surface area contributed by atoms with Crippen LogP contribution in [0.3, 0.4) is 0 Å². The van der Waals surface area contributed by atoms with Crippen molar-refractivity contribution in [3.8, 4) is 0 Å². The molecule has 156 valence electrons. The zero-order chi connectivity index (χ0) is 21.7. The van der Waals surface area contributed by atoms with Gasteiger partial charge in [-0.05, 0) is 42.4 Å². The molecule has 1 aromatic heterocycles. The molecule has 8 heteroatoms. The molecule has 0 fully saturated rings. The molecule has 1 heterocycles. The minimum absolute atomic E-state index is 0.0989. The molecular formula is C22H23ClN4O2S. The first kappa shape index (κ1) is 21.9. The van der Waals surface area contributed by atoms with Crippen LogP contribution in [0.15, 0.2) is 64.9 Å². The Labute approximate surface area is 185 Å². The van der Waals surface area contributed by atoms with Crippen LogP contribution in [0.25, 0.3) is 0 Å². The van der Waals surface area contributed by atoms with E-state index in [4.69, 9.17) is 11.6 Å². The number of nitrogens with zero attached hydrogens (tertiary/aromatic N) is 2. The summed E-state index contributed by atoms with van der Waals surface area (Å²) in [6.45, 7) is 3.43. The van der Waals surface area contributed by atoms with Crippen molar-refractivity contribution in [1.82, 2.24) is 14.9 Å². The fourth-order valence-corrected chi connectivity index (χ4v) is 3.96. The molecule has 6 nitrogen and oxygen atoms in total. The number of carbonyl (C=O) groups excluding carboxylic acids is 2. The van der Waals surface area contributed by atoms with E-state index in [2.05, 4.69) is 15.6 Å². The van der Waals surface area contributed by atoms with Crippen LogP contribution in [-0.2, 0) is 16.6 Å². The lowest BCUT2D eigenvalue weighted by atomic mass is 10.0. The number of aromatic nitrogens is 2. The van der Waals surface area contributed by atoms with E-state index in [1.165, 1.54) is 18.7 Å². The van der Waals surface area contributed by atoms with Crippen molar-refractivity contribution < 1.29 is 9.59 Å². The van der Waals surface area contributed by atoms with E-state index in [9.17, 15) is 9.59 Å². The fourth-order valence-electron chi connectivity index (χ4n) is 2.92. The largest absolute Gasteiger partial charge is 0.349 e. The first-order valence-corrected chi connectivity index (χ1v) is 10.6. The van der Waals surface area contributed by atoms with Crippen molar-refractivity contribution in [3.63, 3.8) is 0 Å². The molecule has 0 saturated carbocycles. The monoisotopic (exact) mass is 442 g/mol. The highest BCUT2D eigenvalue weighted by Crippen LogP contribution is 2.34. The van der Waals surface area contributed by atoms with E-state index < -0.39 is 6.04 Å². The minimum atomic E-state index is -0.423. The lowest BCUT2D eigenvalue weighted by Gasteiger charge is -2.19. The summed E-state index contributed by atoms with van der Waals surface area (Å²) in [5, 5.41) is 7.11. The Hall–Kier alpha value is -2.77. The standard InChI is InChI=1S/C22H23ClN4O2S/c1-14-4-6-16(7-5-14)18(25-15(2)28)13-21(29)26-19-12-17(23)8-9-20(19)30-22-24-10-11-27(22)3/h4-12,18H,13H2,1-3H3,(H,25,28)(H,26,29). The van der Waals surface area contributed by atoms with Gasteiger partial charge in [-0.15, -0.1) is 0 Å². The number of aryl methyl sites for hydroxylation is 2. The van der Waals surface area contributed by atoms with Crippen LogP contribution < -0.4 is 10.6 Å². The quantitative estimate of drug-likeness (QED) is 0.554. The number of imidazole rings is 1. The number of amides is 2. The molecule has 0 radical (unpaired) electrons. The van der Waals surface area contributed by atoms with Gasteiger partial charge < -0.3 is 15.2 Å². The van der Waals surface area contributed by atoms with Crippen LogP contribution in [0.2, 0.25) is 5.02 Å². The third kappa shape index (κ3) is 5.87. The molecule has 0 spiro atoms. The first-order valence-electron chi connectivity index (χ1n) is 9.40. The number of hydrogen-bond donors (Lipinski definition) is 2. The van der Waals surface area contributed by atoms with Crippen LogP contribution in [-0.4, -0.2) is 21.4 Å². The van der Waals surface area contributed by atoms with Gasteiger partial charge in [0.15, 0.2) is 5.16 Å². The third-order valence-corrected chi connectivity index (χ3v) is 5.83. The van der Waals surface area contributed by atoms with Gasteiger partial charge in [-0.2, -0.15) is 0 Å². The maximum Gasteiger partial charge on any atom is 0.226 e. The number of rotatable bonds is 7. The molecule has 1 atom stereocenters. The fraction of sp³-hybridized carbons (Fsp3) is 0.227. The molecule has 0 bridgehead atoms. The van der Waals surface area contributed by atoms with E-state index in [0.717, 1.165) is 21.2 Å². The van der Waals surface area contributed by atoms with Gasteiger partial charge in [0.1, 0.15) is 0 Å². The molecule has 3 aromatic rings. The van der Waals surface area contributed by atoms with Gasteiger partial charge >= 0.3 is 0 Å². The van der Waals surface area contributed by atoms with Crippen LogP contribution in [0.1, 0.15) is 30.5 Å². The second-order valence-electron chi connectivity index (χ2n) is 6.98.